The number of rotatable bonds is 14. The average Bonchev–Trinajstić information content (AvgIpc) is 2.78. The minimum Gasteiger partial charge on any atom is -0.370 e. The van der Waals surface area contributed by atoms with Crippen LogP contribution in [0.3, 0.4) is 0 Å². The van der Waals surface area contributed by atoms with E-state index in [0.717, 1.165) is 60.9 Å². The fourth-order valence-electron chi connectivity index (χ4n) is 4.32. The van der Waals surface area contributed by atoms with Gasteiger partial charge in [0.15, 0.2) is 0 Å². The van der Waals surface area contributed by atoms with E-state index in [4.69, 9.17) is 5.53 Å². The van der Waals surface area contributed by atoms with Crippen molar-refractivity contribution in [2.45, 2.75) is 80.1 Å². The Hall–Kier alpha value is -2.42. The Balaban J connectivity index is 2.16. The molecule has 0 aromatic heterocycles. The number of nitrogens with one attached hydrogen (secondary N) is 1. The molecule has 2 aromatic carbocycles. The van der Waals surface area contributed by atoms with Gasteiger partial charge in [-0.3, -0.25) is 0 Å². The van der Waals surface area contributed by atoms with E-state index in [2.05, 4.69) is 94.0 Å². The summed E-state index contributed by atoms with van der Waals surface area (Å²) in [7, 11) is 0. The molecule has 0 saturated carbocycles. The Morgan fingerprint density at radius 3 is 1.88 bits per heavy atom. The first-order valence-corrected chi connectivity index (χ1v) is 12.7. The number of hydrogen-bond donors (Lipinski definition) is 1. The maximum atomic E-state index is 7.94. The lowest BCUT2D eigenvalue weighted by Gasteiger charge is -2.29. The third-order valence-electron chi connectivity index (χ3n) is 6.54. The number of hydrogen-bond acceptors (Lipinski definition) is 3. The quantitative estimate of drug-likeness (QED) is 0.227. The lowest BCUT2D eigenvalue weighted by Crippen LogP contribution is -2.28. The molecule has 0 amide bonds. The largest absolute Gasteiger partial charge is 0.370 e. The van der Waals surface area contributed by atoms with Crippen LogP contribution in [0.15, 0.2) is 64.8 Å². The molecule has 3 heteroatoms. The molecule has 0 spiro atoms. The zero-order valence-corrected chi connectivity index (χ0v) is 21.8. The molecule has 3 nitrogen and oxygen atoms in total. The summed E-state index contributed by atoms with van der Waals surface area (Å²) in [6.07, 6.45) is 11.8. The number of fused-ring (bicyclic) bond motifs is 1. The highest BCUT2D eigenvalue weighted by Crippen LogP contribution is 2.37. The van der Waals surface area contributed by atoms with Crippen molar-refractivity contribution < 1.29 is 0 Å². The van der Waals surface area contributed by atoms with Crippen molar-refractivity contribution in [2.75, 3.05) is 18.0 Å². The van der Waals surface area contributed by atoms with E-state index in [-0.39, 0.29) is 0 Å². The molecule has 2 aromatic rings. The summed E-state index contributed by atoms with van der Waals surface area (Å²) < 4.78 is 0. The Bertz CT molecular complexity index is 901. The number of nitrogens with zero attached hydrogens (tertiary/aromatic N) is 2. The highest BCUT2D eigenvalue weighted by atomic mass is 15.1. The zero-order chi connectivity index (χ0) is 24.2. The van der Waals surface area contributed by atoms with E-state index >= 15 is 0 Å². The van der Waals surface area contributed by atoms with Crippen LogP contribution in [0.4, 0.5) is 11.4 Å². The molecule has 0 radical (unpaired) electrons. The second kappa shape index (κ2) is 14.0. The summed E-state index contributed by atoms with van der Waals surface area (Å²) in [5.41, 5.74) is 12.7. The van der Waals surface area contributed by atoms with Gasteiger partial charge in [0.2, 0.25) is 0 Å². The molecular formula is C30H45N3. The standard InChI is InChI=1S/C30H45N3/c1-23(2)11-9-13-25(5)19-21-33(22-20-26(6)14-10-12-24(3)4)29-18-17-27-15-7-8-16-28(27)30(29)32-31/h7-8,11-12,15-18,25-26,31H,9-10,13-14,19-22H2,1-6H3. The topological polar surface area (TPSA) is 39.5 Å². The SMILES string of the molecule is CC(C)=CCCC(C)CCN(CCC(C)CCC=C(C)C)c1ccc2ccccc2c1N=N. The second-order valence-corrected chi connectivity index (χ2v) is 10.3. The van der Waals surface area contributed by atoms with E-state index in [1.54, 1.807) is 0 Å². The molecule has 180 valence electrons. The smallest absolute Gasteiger partial charge is 0.116 e. The normalized spacial score (nSPS) is 12.8. The second-order valence-electron chi connectivity index (χ2n) is 10.3. The predicted octanol–water partition coefficient (Wildman–Crippen LogP) is 9.85. The molecule has 0 saturated heterocycles. The van der Waals surface area contributed by atoms with Crippen LogP contribution < -0.4 is 4.90 Å². The molecule has 2 rings (SSSR count). The van der Waals surface area contributed by atoms with Crippen LogP contribution in [0, 0.1) is 17.4 Å². The van der Waals surface area contributed by atoms with Gasteiger partial charge in [-0.1, -0.05) is 67.5 Å². The van der Waals surface area contributed by atoms with Gasteiger partial charge in [-0.05, 0) is 89.5 Å². The summed E-state index contributed by atoms with van der Waals surface area (Å²) in [6, 6.07) is 12.7. The Morgan fingerprint density at radius 1 is 0.818 bits per heavy atom. The van der Waals surface area contributed by atoms with Crippen LogP contribution >= 0.6 is 0 Å². The molecule has 0 aliphatic carbocycles. The molecule has 0 aliphatic heterocycles. The summed E-state index contributed by atoms with van der Waals surface area (Å²) in [5.74, 6) is 1.35. The highest BCUT2D eigenvalue weighted by molar-refractivity contribution is 5.98. The van der Waals surface area contributed by atoms with Gasteiger partial charge in [0.1, 0.15) is 5.69 Å². The summed E-state index contributed by atoms with van der Waals surface area (Å²) in [5, 5.41) is 6.23. The maximum Gasteiger partial charge on any atom is 0.116 e. The van der Waals surface area contributed by atoms with Crippen molar-refractivity contribution in [2.24, 2.45) is 17.0 Å². The molecule has 2 unspecified atom stereocenters. The van der Waals surface area contributed by atoms with Crippen LogP contribution in [0.2, 0.25) is 0 Å². The summed E-state index contributed by atoms with van der Waals surface area (Å²) >= 11 is 0. The third kappa shape index (κ3) is 9.15. The minimum absolute atomic E-state index is 0.676. The maximum absolute atomic E-state index is 7.94. The minimum atomic E-state index is 0.676. The van der Waals surface area contributed by atoms with Gasteiger partial charge >= 0.3 is 0 Å². The van der Waals surface area contributed by atoms with Crippen LogP contribution in [0.1, 0.15) is 80.1 Å². The van der Waals surface area contributed by atoms with Gasteiger partial charge in [0.25, 0.3) is 0 Å². The van der Waals surface area contributed by atoms with E-state index in [0.29, 0.717) is 11.8 Å². The van der Waals surface area contributed by atoms with Crippen LogP contribution in [0.5, 0.6) is 0 Å². The first-order chi connectivity index (χ1) is 15.8. The van der Waals surface area contributed by atoms with Crippen molar-refractivity contribution in [3.63, 3.8) is 0 Å². The van der Waals surface area contributed by atoms with Gasteiger partial charge in [-0.15, -0.1) is 0 Å². The Morgan fingerprint density at radius 2 is 1.36 bits per heavy atom. The van der Waals surface area contributed by atoms with Gasteiger partial charge in [0, 0.05) is 18.5 Å². The van der Waals surface area contributed by atoms with Gasteiger partial charge < -0.3 is 4.90 Å². The molecule has 0 bridgehead atoms. The van der Waals surface area contributed by atoms with E-state index < -0.39 is 0 Å². The van der Waals surface area contributed by atoms with Gasteiger partial charge in [0.05, 0.1) is 5.69 Å². The van der Waals surface area contributed by atoms with Gasteiger partial charge in [-0.25, -0.2) is 5.53 Å². The van der Waals surface area contributed by atoms with Crippen molar-refractivity contribution in [3.8, 4) is 0 Å². The third-order valence-corrected chi connectivity index (χ3v) is 6.54. The number of allylic oxidation sites excluding steroid dienone is 4. The summed E-state index contributed by atoms with van der Waals surface area (Å²) in [6.45, 7) is 15.5. The fraction of sp³-hybridized carbons (Fsp3) is 0.533. The molecular weight excluding hydrogens is 402 g/mol. The lowest BCUT2D eigenvalue weighted by molar-refractivity contribution is 0.465. The zero-order valence-electron chi connectivity index (χ0n) is 21.8. The molecule has 1 N–H and O–H groups in total. The fourth-order valence-corrected chi connectivity index (χ4v) is 4.32. The number of benzene rings is 2. The highest BCUT2D eigenvalue weighted by Gasteiger charge is 2.16. The first-order valence-electron chi connectivity index (χ1n) is 12.7. The average molecular weight is 448 g/mol. The van der Waals surface area contributed by atoms with Crippen LogP contribution in [0.25, 0.3) is 10.8 Å². The van der Waals surface area contributed by atoms with Crippen LogP contribution in [-0.4, -0.2) is 13.1 Å². The Kier molecular flexibility index (Phi) is 11.4. The molecule has 0 aliphatic rings. The van der Waals surface area contributed by atoms with E-state index in [1.165, 1.54) is 24.0 Å². The molecule has 2 atom stereocenters. The first kappa shape index (κ1) is 26.8. The Labute approximate surface area is 202 Å². The van der Waals surface area contributed by atoms with Crippen molar-refractivity contribution in [3.05, 3.63) is 59.7 Å². The number of anilines is 1. The van der Waals surface area contributed by atoms with E-state index in [1.807, 2.05) is 6.07 Å². The van der Waals surface area contributed by atoms with E-state index in [9.17, 15) is 0 Å². The summed E-state index contributed by atoms with van der Waals surface area (Å²) in [4.78, 5) is 2.49. The predicted molar refractivity (Wildman–Crippen MR) is 146 cm³/mol. The monoisotopic (exact) mass is 447 g/mol. The van der Waals surface area contributed by atoms with Crippen molar-refractivity contribution in [1.29, 1.82) is 5.53 Å². The van der Waals surface area contributed by atoms with Crippen molar-refractivity contribution in [1.82, 2.24) is 0 Å². The molecule has 0 fully saturated rings. The van der Waals surface area contributed by atoms with Crippen LogP contribution in [-0.2, 0) is 0 Å². The van der Waals surface area contributed by atoms with Crippen molar-refractivity contribution >= 4 is 22.1 Å². The molecule has 0 heterocycles. The lowest BCUT2D eigenvalue weighted by atomic mass is 9.98. The molecule has 33 heavy (non-hydrogen) atoms. The van der Waals surface area contributed by atoms with Gasteiger partial charge in [-0.2, -0.15) is 5.11 Å².